The van der Waals surface area contributed by atoms with Gasteiger partial charge in [0.25, 0.3) is 0 Å². The average Bonchev–Trinajstić information content (AvgIpc) is 3.83. The van der Waals surface area contributed by atoms with E-state index < -0.39 is 0 Å². The predicted molar refractivity (Wildman–Crippen MR) is 252 cm³/mol. The van der Waals surface area contributed by atoms with E-state index in [2.05, 4.69) is 218 Å². The lowest BCUT2D eigenvalue weighted by molar-refractivity contribution is 0.670. The Hall–Kier alpha value is -7.68. The van der Waals surface area contributed by atoms with E-state index in [1.165, 1.54) is 60.5 Å². The Morgan fingerprint density at radius 3 is 1.77 bits per heavy atom. The minimum absolute atomic E-state index is 0.322. The molecule has 0 saturated heterocycles. The maximum atomic E-state index is 6.47. The van der Waals surface area contributed by atoms with Crippen molar-refractivity contribution in [3.63, 3.8) is 0 Å². The summed E-state index contributed by atoms with van der Waals surface area (Å²) in [5.74, 6) is 0. The lowest BCUT2D eigenvalue weighted by atomic mass is 9.74. The number of benzene rings is 10. The molecule has 1 aromatic heterocycles. The highest BCUT2D eigenvalue weighted by atomic mass is 16.3. The van der Waals surface area contributed by atoms with Crippen LogP contribution < -0.4 is 4.90 Å². The first-order chi connectivity index (χ1) is 29.6. The minimum Gasteiger partial charge on any atom is -0.455 e. The third kappa shape index (κ3) is 5.21. The molecule has 0 bridgehead atoms. The van der Waals surface area contributed by atoms with Gasteiger partial charge < -0.3 is 9.32 Å². The zero-order valence-corrected chi connectivity index (χ0v) is 33.1. The molecule has 11 aromatic rings. The Bertz CT molecular complexity index is 3420. The van der Waals surface area contributed by atoms with Gasteiger partial charge in [0.15, 0.2) is 0 Å². The largest absolute Gasteiger partial charge is 0.455 e. The first-order valence-corrected chi connectivity index (χ1v) is 20.8. The molecule has 12 rings (SSSR count). The molecule has 0 amide bonds. The summed E-state index contributed by atoms with van der Waals surface area (Å²) in [6.45, 7) is 2.39. The standard InChI is InChI=1S/C58H39NO/c1-58(54-27-7-4-20-50(54)51-21-5-8-28-55(51)58)41-16-11-18-44(37-41)59(42-33-30-39(31-34-42)47-24-13-26-53-52-22-6-9-29-56(52)60-57(47)53)43-17-10-15-40(36-43)46-23-12-25-48-45-19-3-2-14-38(45)32-35-49(46)48/h2-37H,1H3. The number of furan rings is 1. The lowest BCUT2D eigenvalue weighted by Crippen LogP contribution is -2.23. The van der Waals surface area contributed by atoms with Crippen LogP contribution in [0.2, 0.25) is 0 Å². The summed E-state index contributed by atoms with van der Waals surface area (Å²) in [5, 5.41) is 7.31. The van der Waals surface area contributed by atoms with Crippen molar-refractivity contribution in [2.45, 2.75) is 12.3 Å². The number of para-hydroxylation sites is 2. The van der Waals surface area contributed by atoms with Gasteiger partial charge >= 0.3 is 0 Å². The Kier molecular flexibility index (Phi) is 7.70. The van der Waals surface area contributed by atoms with Gasteiger partial charge in [0.1, 0.15) is 11.2 Å². The predicted octanol–water partition coefficient (Wildman–Crippen LogP) is 16.0. The van der Waals surface area contributed by atoms with E-state index >= 15 is 0 Å². The van der Waals surface area contributed by atoms with Crippen molar-refractivity contribution in [3.05, 3.63) is 235 Å². The van der Waals surface area contributed by atoms with Crippen molar-refractivity contribution in [3.8, 4) is 33.4 Å². The van der Waals surface area contributed by atoms with Crippen molar-refractivity contribution in [2.24, 2.45) is 0 Å². The van der Waals surface area contributed by atoms with Crippen LogP contribution in [0, 0.1) is 0 Å². The van der Waals surface area contributed by atoms with E-state index in [-0.39, 0.29) is 5.41 Å². The van der Waals surface area contributed by atoms with Crippen molar-refractivity contribution in [2.75, 3.05) is 4.90 Å². The molecule has 10 aromatic carbocycles. The summed E-state index contributed by atoms with van der Waals surface area (Å²) in [6.07, 6.45) is 0. The van der Waals surface area contributed by atoms with Gasteiger partial charge in [0.2, 0.25) is 0 Å². The molecule has 0 radical (unpaired) electrons. The fraction of sp³-hybridized carbons (Fsp3) is 0.0345. The normalized spacial score (nSPS) is 12.9. The average molecular weight is 766 g/mol. The second-order valence-corrected chi connectivity index (χ2v) is 16.2. The molecule has 0 atom stereocenters. The summed E-state index contributed by atoms with van der Waals surface area (Å²) in [4.78, 5) is 2.41. The van der Waals surface area contributed by atoms with E-state index in [0.717, 1.165) is 50.1 Å². The first-order valence-electron chi connectivity index (χ1n) is 20.8. The van der Waals surface area contributed by atoms with E-state index in [1.54, 1.807) is 0 Å². The van der Waals surface area contributed by atoms with E-state index in [9.17, 15) is 0 Å². The van der Waals surface area contributed by atoms with Gasteiger partial charge in [-0.2, -0.15) is 0 Å². The molecule has 0 unspecified atom stereocenters. The summed E-state index contributed by atoms with van der Waals surface area (Å²) < 4.78 is 6.47. The third-order valence-electron chi connectivity index (χ3n) is 12.9. The van der Waals surface area contributed by atoms with Crippen molar-refractivity contribution < 1.29 is 4.42 Å². The summed E-state index contributed by atoms with van der Waals surface area (Å²) in [7, 11) is 0. The molecule has 0 aliphatic heterocycles. The molecule has 0 fully saturated rings. The van der Waals surface area contributed by atoms with E-state index in [1.807, 2.05) is 12.1 Å². The van der Waals surface area contributed by atoms with Gasteiger partial charge in [-0.25, -0.2) is 0 Å². The molecule has 0 N–H and O–H groups in total. The molecular formula is C58H39NO. The van der Waals surface area contributed by atoms with Crippen LogP contribution in [0.25, 0.3) is 76.9 Å². The molecule has 1 aliphatic rings. The van der Waals surface area contributed by atoms with Gasteiger partial charge in [-0.1, -0.05) is 176 Å². The SMILES string of the molecule is CC1(c2cccc(N(c3ccc(-c4cccc5c4oc4ccccc45)cc3)c3cccc(-c4cccc5c4ccc4ccccc45)c3)c2)c2ccccc2-c2ccccc21. The van der Waals surface area contributed by atoms with E-state index in [4.69, 9.17) is 4.42 Å². The number of nitrogens with zero attached hydrogens (tertiary/aromatic N) is 1. The molecule has 0 spiro atoms. The van der Waals surface area contributed by atoms with Gasteiger partial charge in [-0.15, -0.1) is 0 Å². The van der Waals surface area contributed by atoms with Crippen molar-refractivity contribution in [1.82, 2.24) is 0 Å². The molecule has 1 aliphatic carbocycles. The highest BCUT2D eigenvalue weighted by molar-refractivity contribution is 6.12. The number of hydrogen-bond acceptors (Lipinski definition) is 2. The smallest absolute Gasteiger partial charge is 0.143 e. The fourth-order valence-corrected chi connectivity index (χ4v) is 10.0. The summed E-state index contributed by atoms with van der Waals surface area (Å²) >= 11 is 0. The fourth-order valence-electron chi connectivity index (χ4n) is 10.0. The van der Waals surface area contributed by atoms with Crippen LogP contribution in [-0.2, 0) is 5.41 Å². The van der Waals surface area contributed by atoms with Crippen LogP contribution in [0.1, 0.15) is 23.6 Å². The molecule has 282 valence electrons. The van der Waals surface area contributed by atoms with Gasteiger partial charge in [-0.05, 0) is 115 Å². The first kappa shape index (κ1) is 34.4. The summed E-state index contributed by atoms with van der Waals surface area (Å²) in [6, 6.07) is 79.6. The summed E-state index contributed by atoms with van der Waals surface area (Å²) in [5.41, 5.74) is 15.9. The van der Waals surface area contributed by atoms with Gasteiger partial charge in [-0.3, -0.25) is 0 Å². The highest BCUT2D eigenvalue weighted by Crippen LogP contribution is 2.53. The molecule has 0 saturated carbocycles. The Morgan fingerprint density at radius 2 is 0.967 bits per heavy atom. The van der Waals surface area contributed by atoms with Gasteiger partial charge in [0.05, 0.1) is 0 Å². The zero-order chi connectivity index (χ0) is 39.8. The zero-order valence-electron chi connectivity index (χ0n) is 33.1. The molecule has 2 nitrogen and oxygen atoms in total. The highest BCUT2D eigenvalue weighted by Gasteiger charge is 2.40. The Balaban J connectivity index is 1.03. The van der Waals surface area contributed by atoms with Crippen LogP contribution in [-0.4, -0.2) is 0 Å². The van der Waals surface area contributed by atoms with Crippen molar-refractivity contribution >= 4 is 60.5 Å². The second kappa shape index (κ2) is 13.4. The van der Waals surface area contributed by atoms with Crippen molar-refractivity contribution in [1.29, 1.82) is 0 Å². The number of fused-ring (bicyclic) bond motifs is 9. The second-order valence-electron chi connectivity index (χ2n) is 16.2. The number of rotatable bonds is 6. The van der Waals surface area contributed by atoms with Crippen LogP contribution in [0.4, 0.5) is 17.1 Å². The Labute approximate surface area is 349 Å². The maximum absolute atomic E-state index is 6.47. The maximum Gasteiger partial charge on any atom is 0.143 e. The van der Waals surface area contributed by atoms with E-state index in [0.29, 0.717) is 0 Å². The third-order valence-corrected chi connectivity index (χ3v) is 12.9. The monoisotopic (exact) mass is 765 g/mol. The lowest BCUT2D eigenvalue weighted by Gasteiger charge is -2.31. The van der Waals surface area contributed by atoms with Crippen LogP contribution in [0.15, 0.2) is 223 Å². The molecule has 60 heavy (non-hydrogen) atoms. The van der Waals surface area contributed by atoms with Gasteiger partial charge in [0, 0.05) is 38.8 Å². The van der Waals surface area contributed by atoms with Crippen LogP contribution >= 0.6 is 0 Å². The van der Waals surface area contributed by atoms with Crippen LogP contribution in [0.5, 0.6) is 0 Å². The quantitative estimate of drug-likeness (QED) is 0.157. The number of hydrogen-bond donors (Lipinski definition) is 0. The molecule has 2 heteroatoms. The molecular weight excluding hydrogens is 727 g/mol. The number of anilines is 3. The molecule has 1 heterocycles. The van der Waals surface area contributed by atoms with Crippen LogP contribution in [0.3, 0.4) is 0 Å². The Morgan fingerprint density at radius 1 is 0.367 bits per heavy atom. The topological polar surface area (TPSA) is 16.4 Å². The minimum atomic E-state index is -0.322.